The fraction of sp³-hybridized carbons (Fsp3) is 0.409. The molecule has 2 rings (SSSR count). The number of Topliss-reactive ketones (excluding diaryl/α,β-unsaturated/α-hetero) is 1. The number of aliphatic hydroxyl groups is 1. The third kappa shape index (κ3) is 10.0. The van der Waals surface area contributed by atoms with Crippen LogP contribution >= 0.6 is 0 Å². The molecule has 1 atom stereocenters. The van der Waals surface area contributed by atoms with Gasteiger partial charge in [0.1, 0.15) is 6.10 Å². The molecular weight excluding hydrogens is 340 g/mol. The molecule has 0 radical (unpaired) electrons. The first-order valence-electron chi connectivity index (χ1n) is 9.11. The molecule has 0 saturated carbocycles. The average molecular weight is 373 g/mol. The Morgan fingerprint density at radius 1 is 0.852 bits per heavy atom. The van der Waals surface area contributed by atoms with Crippen molar-refractivity contribution in [2.75, 3.05) is 54.5 Å². The van der Waals surface area contributed by atoms with Crippen molar-refractivity contribution in [3.8, 4) is 0 Å². The van der Waals surface area contributed by atoms with Gasteiger partial charge in [-0.15, -0.1) is 0 Å². The van der Waals surface area contributed by atoms with Gasteiger partial charge in [0, 0.05) is 18.7 Å². The van der Waals surface area contributed by atoms with Gasteiger partial charge in [-0.3, -0.25) is 4.79 Å². The summed E-state index contributed by atoms with van der Waals surface area (Å²) >= 11 is 0. The summed E-state index contributed by atoms with van der Waals surface area (Å²) in [4.78, 5) is 16.1. The molecule has 27 heavy (non-hydrogen) atoms. The topological polar surface area (TPSA) is 53.0 Å². The molecule has 0 aliphatic carbocycles. The van der Waals surface area contributed by atoms with Gasteiger partial charge in [0.15, 0.2) is 5.78 Å². The van der Waals surface area contributed by atoms with Gasteiger partial charge in [-0.2, -0.15) is 0 Å². The molecule has 0 amide bonds. The van der Waals surface area contributed by atoms with Crippen LogP contribution in [-0.4, -0.2) is 75.2 Å². The Morgan fingerprint density at radius 3 is 1.74 bits per heavy atom. The Kier molecular flexibility index (Phi) is 11.2. The van der Waals surface area contributed by atoms with Gasteiger partial charge >= 0.3 is 0 Å². The van der Waals surface area contributed by atoms with Crippen molar-refractivity contribution >= 4 is 5.78 Å². The summed E-state index contributed by atoms with van der Waals surface area (Å²) in [5, 5.41) is 9.89. The molecule has 0 spiro atoms. The van der Waals surface area contributed by atoms with Gasteiger partial charge in [0.05, 0.1) is 13.2 Å². The summed E-state index contributed by atoms with van der Waals surface area (Å²) in [5.41, 5.74) is 1.15. The van der Waals surface area contributed by atoms with Crippen LogP contribution in [0.25, 0.3) is 0 Å². The van der Waals surface area contributed by atoms with E-state index in [1.165, 1.54) is 0 Å². The van der Waals surface area contributed by atoms with Crippen LogP contribution in [0.15, 0.2) is 60.7 Å². The number of hydrogen-bond donors (Lipinski definition) is 1. The van der Waals surface area contributed by atoms with Gasteiger partial charge in [-0.25, -0.2) is 0 Å². The predicted molar refractivity (Wildman–Crippen MR) is 110 cm³/mol. The molecule has 148 valence electrons. The Morgan fingerprint density at radius 2 is 1.30 bits per heavy atom. The van der Waals surface area contributed by atoms with Crippen molar-refractivity contribution in [1.82, 2.24) is 9.80 Å². The van der Waals surface area contributed by atoms with E-state index in [2.05, 4.69) is 38.0 Å². The summed E-state index contributed by atoms with van der Waals surface area (Å²) in [6, 6.07) is 17.7. The highest BCUT2D eigenvalue weighted by Crippen LogP contribution is 2.17. The maximum absolute atomic E-state index is 11.9. The quantitative estimate of drug-likeness (QED) is 0.542. The van der Waals surface area contributed by atoms with Gasteiger partial charge in [-0.1, -0.05) is 60.7 Å². The van der Waals surface area contributed by atoms with E-state index >= 15 is 0 Å². The van der Waals surface area contributed by atoms with E-state index in [9.17, 15) is 9.90 Å². The molecule has 0 saturated heterocycles. The second-order valence-electron chi connectivity index (χ2n) is 6.76. The predicted octanol–water partition coefficient (Wildman–Crippen LogP) is 2.73. The number of hydrogen-bond acceptors (Lipinski definition) is 5. The lowest BCUT2D eigenvalue weighted by Gasteiger charge is -2.12. The van der Waals surface area contributed by atoms with Crippen LogP contribution in [0.4, 0.5) is 0 Å². The van der Waals surface area contributed by atoms with Crippen LogP contribution in [0.1, 0.15) is 22.0 Å². The summed E-state index contributed by atoms with van der Waals surface area (Å²) in [6.45, 7) is 3.68. The number of aliphatic hydroxyl groups excluding tert-OH is 1. The van der Waals surface area contributed by atoms with E-state index in [1.807, 2.05) is 12.1 Å². The van der Waals surface area contributed by atoms with Crippen LogP contribution in [0.3, 0.4) is 0 Å². The van der Waals surface area contributed by atoms with E-state index in [0.29, 0.717) is 11.1 Å². The zero-order valence-corrected chi connectivity index (χ0v) is 16.8. The van der Waals surface area contributed by atoms with E-state index in [-0.39, 0.29) is 5.78 Å². The van der Waals surface area contributed by atoms with Crippen molar-refractivity contribution in [1.29, 1.82) is 0 Å². The third-order valence-electron chi connectivity index (χ3n) is 3.79. The van der Waals surface area contributed by atoms with Crippen molar-refractivity contribution in [2.45, 2.75) is 6.10 Å². The van der Waals surface area contributed by atoms with Crippen molar-refractivity contribution in [3.63, 3.8) is 0 Å². The molecule has 0 aliphatic rings. The van der Waals surface area contributed by atoms with E-state index in [0.717, 1.165) is 26.3 Å². The molecule has 2 aromatic rings. The molecule has 0 heterocycles. The zero-order chi connectivity index (χ0) is 20.1. The molecule has 5 heteroatoms. The standard InChI is InChI=1S/C14H12O2.C8H20N2O/c15-13(11-7-3-1-4-8-11)14(16)12-9-5-2-6-10-12;1-9(2)5-7-11-8-6-10(3)4/h1-10,13,15H;5-8H2,1-4H3. The molecule has 0 aliphatic heterocycles. The minimum Gasteiger partial charge on any atom is -0.380 e. The first-order chi connectivity index (χ1) is 12.9. The van der Waals surface area contributed by atoms with Crippen LogP contribution in [0.5, 0.6) is 0 Å². The number of ketones is 1. The third-order valence-corrected chi connectivity index (χ3v) is 3.79. The maximum atomic E-state index is 11.9. The number of ether oxygens (including phenoxy) is 1. The first kappa shape index (κ1) is 23.0. The Hall–Kier alpha value is -2.05. The summed E-state index contributed by atoms with van der Waals surface area (Å²) < 4.78 is 5.37. The van der Waals surface area contributed by atoms with Crippen molar-refractivity contribution in [2.24, 2.45) is 0 Å². The minimum absolute atomic E-state index is 0.271. The van der Waals surface area contributed by atoms with Gasteiger partial charge in [-0.05, 0) is 33.8 Å². The summed E-state index contributed by atoms with van der Waals surface area (Å²) in [6.07, 6.45) is -1.08. The van der Waals surface area contributed by atoms with E-state index in [4.69, 9.17) is 4.74 Å². The number of carbonyl (C=O) groups excluding carboxylic acids is 1. The first-order valence-corrected chi connectivity index (χ1v) is 9.11. The molecule has 5 nitrogen and oxygen atoms in total. The molecule has 0 bridgehead atoms. The number of likely N-dealkylation sites (N-methyl/N-ethyl adjacent to an activating group) is 2. The zero-order valence-electron chi connectivity index (χ0n) is 16.8. The van der Waals surface area contributed by atoms with Gasteiger partial charge in [0.2, 0.25) is 0 Å². The largest absolute Gasteiger partial charge is 0.380 e. The summed E-state index contributed by atoms with van der Waals surface area (Å²) in [7, 11) is 8.20. The van der Waals surface area contributed by atoms with E-state index in [1.54, 1.807) is 48.5 Å². The van der Waals surface area contributed by atoms with Crippen molar-refractivity contribution in [3.05, 3.63) is 71.8 Å². The van der Waals surface area contributed by atoms with Gasteiger partial charge < -0.3 is 19.6 Å². The lowest BCUT2D eigenvalue weighted by atomic mass is 10.0. The highest BCUT2D eigenvalue weighted by atomic mass is 16.5. The second kappa shape index (κ2) is 13.2. The number of nitrogens with zero attached hydrogens (tertiary/aromatic N) is 2. The number of carbonyl (C=O) groups is 1. The van der Waals surface area contributed by atoms with Crippen molar-refractivity contribution < 1.29 is 14.6 Å². The highest BCUT2D eigenvalue weighted by molar-refractivity contribution is 5.99. The number of benzene rings is 2. The fourth-order valence-corrected chi connectivity index (χ4v) is 2.14. The molecule has 1 unspecified atom stereocenters. The lowest BCUT2D eigenvalue weighted by molar-refractivity contribution is 0.0747. The molecule has 1 N–H and O–H groups in total. The van der Waals surface area contributed by atoms with Crippen LogP contribution in [0, 0.1) is 0 Å². The Balaban J connectivity index is 0.000000293. The van der Waals surface area contributed by atoms with Crippen LogP contribution < -0.4 is 0 Å². The van der Waals surface area contributed by atoms with E-state index < -0.39 is 6.10 Å². The van der Waals surface area contributed by atoms with Gasteiger partial charge in [0.25, 0.3) is 0 Å². The normalized spacial score (nSPS) is 11.8. The molecule has 0 aromatic heterocycles. The average Bonchev–Trinajstić information content (AvgIpc) is 2.68. The Bertz CT molecular complexity index is 621. The second-order valence-corrected chi connectivity index (χ2v) is 6.76. The van der Waals surface area contributed by atoms with Crippen LogP contribution in [-0.2, 0) is 4.74 Å². The monoisotopic (exact) mass is 372 g/mol. The lowest BCUT2D eigenvalue weighted by Crippen LogP contribution is -2.22. The minimum atomic E-state index is -1.08. The fourth-order valence-electron chi connectivity index (χ4n) is 2.14. The molecule has 2 aromatic carbocycles. The number of rotatable bonds is 9. The maximum Gasteiger partial charge on any atom is 0.195 e. The Labute approximate surface area is 163 Å². The smallest absolute Gasteiger partial charge is 0.195 e. The molecular formula is C22H32N2O3. The summed E-state index contributed by atoms with van der Waals surface area (Å²) in [5.74, 6) is -0.271. The van der Waals surface area contributed by atoms with Crippen LogP contribution in [0.2, 0.25) is 0 Å². The SMILES string of the molecule is CN(C)CCOCCN(C)C.O=C(c1ccccc1)C(O)c1ccccc1. The molecule has 0 fully saturated rings. The highest BCUT2D eigenvalue weighted by Gasteiger charge is 2.18.